The molecule has 0 aromatic heterocycles. The number of benzene rings is 1. The van der Waals surface area contributed by atoms with Gasteiger partial charge in [0, 0.05) is 52.4 Å². The third-order valence-electron chi connectivity index (χ3n) is 5.36. The molecule has 144 valence electrons. The first-order valence-corrected chi connectivity index (χ1v) is 9.77. The van der Waals surface area contributed by atoms with E-state index in [1.54, 1.807) is 0 Å². The van der Waals surface area contributed by atoms with Gasteiger partial charge in [-0.2, -0.15) is 0 Å². The number of hydrogen-bond acceptors (Lipinski definition) is 5. The Kier molecular flexibility index (Phi) is 7.08. The van der Waals surface area contributed by atoms with Crippen LogP contribution < -0.4 is 4.74 Å². The second kappa shape index (κ2) is 9.51. The highest BCUT2D eigenvalue weighted by Gasteiger charge is 2.17. The van der Waals surface area contributed by atoms with E-state index in [1.165, 1.54) is 17.6 Å². The van der Waals surface area contributed by atoms with Gasteiger partial charge in [0.05, 0.1) is 0 Å². The smallest absolute Gasteiger partial charge is 0.119 e. The topological polar surface area (TPSA) is 39.2 Å². The molecular formula is C21H33N3O2. The molecule has 0 spiro atoms. The molecule has 0 saturated carbocycles. The predicted molar refractivity (Wildman–Crippen MR) is 106 cm³/mol. The SMILES string of the molecule is CC1=CCN(Cc2ccc(OC[C@H](O)CN3CCN(C)CC3)cc2)CC1. The monoisotopic (exact) mass is 359 g/mol. The Morgan fingerprint density at radius 2 is 1.77 bits per heavy atom. The lowest BCUT2D eigenvalue weighted by Gasteiger charge is -2.33. The van der Waals surface area contributed by atoms with E-state index in [0.29, 0.717) is 13.2 Å². The van der Waals surface area contributed by atoms with Gasteiger partial charge in [0.15, 0.2) is 0 Å². The van der Waals surface area contributed by atoms with Gasteiger partial charge in [0.2, 0.25) is 0 Å². The number of piperazine rings is 1. The normalized spacial score (nSPS) is 21.4. The zero-order valence-corrected chi connectivity index (χ0v) is 16.2. The first-order chi connectivity index (χ1) is 12.6. The van der Waals surface area contributed by atoms with Crippen LogP contribution in [0, 0.1) is 0 Å². The standard InChI is InChI=1S/C21H33N3O2/c1-18-7-9-23(10-8-18)15-19-3-5-21(6-4-19)26-17-20(25)16-24-13-11-22(2)12-14-24/h3-7,20,25H,8-17H2,1-2H3/t20-/m1/s1. The minimum atomic E-state index is -0.443. The molecular weight excluding hydrogens is 326 g/mol. The van der Waals surface area contributed by atoms with Crippen LogP contribution in [0.15, 0.2) is 35.9 Å². The van der Waals surface area contributed by atoms with Crippen molar-refractivity contribution in [2.75, 3.05) is 59.5 Å². The van der Waals surface area contributed by atoms with Crippen molar-refractivity contribution in [1.82, 2.24) is 14.7 Å². The number of rotatable bonds is 7. The molecule has 1 aromatic carbocycles. The van der Waals surface area contributed by atoms with E-state index in [1.807, 2.05) is 12.1 Å². The van der Waals surface area contributed by atoms with Crippen molar-refractivity contribution in [3.63, 3.8) is 0 Å². The summed E-state index contributed by atoms with van der Waals surface area (Å²) < 4.78 is 5.78. The highest BCUT2D eigenvalue weighted by molar-refractivity contribution is 5.27. The highest BCUT2D eigenvalue weighted by atomic mass is 16.5. The fraction of sp³-hybridized carbons (Fsp3) is 0.619. The molecule has 1 fully saturated rings. The number of ether oxygens (including phenoxy) is 1. The van der Waals surface area contributed by atoms with Crippen LogP contribution in [0.3, 0.4) is 0 Å². The lowest BCUT2D eigenvalue weighted by atomic mass is 10.1. The average molecular weight is 360 g/mol. The summed E-state index contributed by atoms with van der Waals surface area (Å²) in [5.41, 5.74) is 2.81. The van der Waals surface area contributed by atoms with Crippen molar-refractivity contribution in [3.8, 4) is 5.75 Å². The molecule has 1 aromatic rings. The summed E-state index contributed by atoms with van der Waals surface area (Å²) in [4.78, 5) is 7.09. The van der Waals surface area contributed by atoms with Gasteiger partial charge >= 0.3 is 0 Å². The summed E-state index contributed by atoms with van der Waals surface area (Å²) in [7, 11) is 2.14. The zero-order valence-electron chi connectivity index (χ0n) is 16.2. The van der Waals surface area contributed by atoms with Crippen molar-refractivity contribution in [2.45, 2.75) is 26.0 Å². The Hall–Kier alpha value is -1.40. The van der Waals surface area contributed by atoms with E-state index in [4.69, 9.17) is 4.74 Å². The molecule has 3 rings (SSSR count). The fourth-order valence-corrected chi connectivity index (χ4v) is 3.48. The van der Waals surface area contributed by atoms with Crippen molar-refractivity contribution in [1.29, 1.82) is 0 Å². The van der Waals surface area contributed by atoms with Gasteiger partial charge in [0.1, 0.15) is 18.5 Å². The molecule has 2 heterocycles. The molecule has 0 unspecified atom stereocenters. The summed E-state index contributed by atoms with van der Waals surface area (Å²) in [6, 6.07) is 8.30. The number of hydrogen-bond donors (Lipinski definition) is 1. The number of nitrogens with zero attached hydrogens (tertiary/aromatic N) is 3. The molecule has 5 nitrogen and oxygen atoms in total. The van der Waals surface area contributed by atoms with E-state index < -0.39 is 6.10 Å². The zero-order chi connectivity index (χ0) is 18.4. The maximum atomic E-state index is 10.2. The number of aliphatic hydroxyl groups is 1. The molecule has 0 amide bonds. The molecule has 0 radical (unpaired) electrons. The average Bonchev–Trinajstić information content (AvgIpc) is 2.65. The van der Waals surface area contributed by atoms with Crippen molar-refractivity contribution in [3.05, 3.63) is 41.5 Å². The Bertz CT molecular complexity index is 579. The van der Waals surface area contributed by atoms with Gasteiger partial charge in [-0.3, -0.25) is 9.80 Å². The van der Waals surface area contributed by atoms with E-state index in [-0.39, 0.29) is 0 Å². The van der Waals surface area contributed by atoms with Gasteiger partial charge in [-0.15, -0.1) is 0 Å². The van der Waals surface area contributed by atoms with Crippen LogP contribution in [-0.2, 0) is 6.54 Å². The number of β-amino-alcohol motifs (C(OH)–C–C–N with tert-alkyl or cyclic N) is 1. The van der Waals surface area contributed by atoms with Crippen LogP contribution in [0.25, 0.3) is 0 Å². The van der Waals surface area contributed by atoms with Gasteiger partial charge in [-0.1, -0.05) is 23.8 Å². The Balaban J connectivity index is 1.38. The van der Waals surface area contributed by atoms with Crippen LogP contribution in [-0.4, -0.2) is 85.4 Å². The van der Waals surface area contributed by atoms with Crippen LogP contribution in [0.4, 0.5) is 0 Å². The van der Waals surface area contributed by atoms with Gasteiger partial charge < -0.3 is 14.7 Å². The van der Waals surface area contributed by atoms with Crippen LogP contribution in [0.5, 0.6) is 5.75 Å². The Morgan fingerprint density at radius 1 is 1.04 bits per heavy atom. The molecule has 0 aliphatic carbocycles. The molecule has 1 atom stereocenters. The van der Waals surface area contributed by atoms with Gasteiger partial charge in [-0.05, 0) is 38.1 Å². The molecule has 5 heteroatoms. The minimum absolute atomic E-state index is 0.349. The summed E-state index contributed by atoms with van der Waals surface area (Å²) in [5, 5.41) is 10.2. The molecule has 2 aliphatic rings. The van der Waals surface area contributed by atoms with Crippen molar-refractivity contribution in [2.24, 2.45) is 0 Å². The van der Waals surface area contributed by atoms with E-state index >= 15 is 0 Å². The third-order valence-corrected chi connectivity index (χ3v) is 5.36. The molecule has 0 bridgehead atoms. The van der Waals surface area contributed by atoms with Crippen LogP contribution in [0.1, 0.15) is 18.9 Å². The summed E-state index contributed by atoms with van der Waals surface area (Å²) in [6.07, 6.45) is 3.05. The first-order valence-electron chi connectivity index (χ1n) is 9.77. The summed E-state index contributed by atoms with van der Waals surface area (Å²) >= 11 is 0. The summed E-state index contributed by atoms with van der Waals surface area (Å²) in [5.74, 6) is 0.834. The Morgan fingerprint density at radius 3 is 2.42 bits per heavy atom. The lowest BCUT2D eigenvalue weighted by molar-refractivity contribution is 0.0505. The minimum Gasteiger partial charge on any atom is -0.491 e. The predicted octanol–water partition coefficient (Wildman–Crippen LogP) is 1.83. The van der Waals surface area contributed by atoms with Crippen molar-refractivity contribution >= 4 is 0 Å². The second-order valence-electron chi connectivity index (χ2n) is 7.75. The second-order valence-corrected chi connectivity index (χ2v) is 7.75. The third kappa shape index (κ3) is 6.09. The maximum absolute atomic E-state index is 10.2. The lowest BCUT2D eigenvalue weighted by Crippen LogP contribution is -2.47. The maximum Gasteiger partial charge on any atom is 0.119 e. The highest BCUT2D eigenvalue weighted by Crippen LogP contribution is 2.17. The van der Waals surface area contributed by atoms with E-state index in [9.17, 15) is 5.11 Å². The fourth-order valence-electron chi connectivity index (χ4n) is 3.48. The quantitative estimate of drug-likeness (QED) is 0.752. The van der Waals surface area contributed by atoms with Crippen molar-refractivity contribution < 1.29 is 9.84 Å². The summed E-state index contributed by atoms with van der Waals surface area (Å²) in [6.45, 7) is 10.6. The molecule has 1 N–H and O–H groups in total. The van der Waals surface area contributed by atoms with Gasteiger partial charge in [0.25, 0.3) is 0 Å². The van der Waals surface area contributed by atoms with Crippen LogP contribution in [0.2, 0.25) is 0 Å². The first kappa shape index (κ1) is 19.4. The van der Waals surface area contributed by atoms with E-state index in [0.717, 1.165) is 51.6 Å². The number of likely N-dealkylation sites (N-methyl/N-ethyl adjacent to an activating group) is 1. The van der Waals surface area contributed by atoms with Gasteiger partial charge in [-0.25, -0.2) is 0 Å². The Labute approximate surface area is 157 Å². The molecule has 26 heavy (non-hydrogen) atoms. The number of aliphatic hydroxyl groups excluding tert-OH is 1. The van der Waals surface area contributed by atoms with Crippen LogP contribution >= 0.6 is 0 Å². The molecule has 1 saturated heterocycles. The molecule has 2 aliphatic heterocycles. The van der Waals surface area contributed by atoms with E-state index in [2.05, 4.69) is 46.9 Å². The largest absolute Gasteiger partial charge is 0.491 e.